The summed E-state index contributed by atoms with van der Waals surface area (Å²) in [6.07, 6.45) is 1.65. The molecule has 1 aliphatic rings. The van der Waals surface area contributed by atoms with Crippen molar-refractivity contribution in [1.82, 2.24) is 15.5 Å². The van der Waals surface area contributed by atoms with Gasteiger partial charge in [0.15, 0.2) is 11.6 Å². The molecule has 1 aromatic carbocycles. The monoisotopic (exact) mass is 341 g/mol. The summed E-state index contributed by atoms with van der Waals surface area (Å²) in [4.78, 5) is 17.0. The zero-order chi connectivity index (χ0) is 17.2. The second kappa shape index (κ2) is 6.68. The van der Waals surface area contributed by atoms with Crippen molar-refractivity contribution in [2.75, 3.05) is 13.2 Å². The van der Waals surface area contributed by atoms with Crippen molar-refractivity contribution in [2.24, 2.45) is 5.92 Å². The first-order chi connectivity index (χ1) is 12.2. The van der Waals surface area contributed by atoms with Gasteiger partial charge in [0.25, 0.3) is 5.91 Å². The Morgan fingerprint density at radius 3 is 2.80 bits per heavy atom. The van der Waals surface area contributed by atoms with Crippen LogP contribution in [-0.2, 0) is 4.74 Å². The van der Waals surface area contributed by atoms with Crippen LogP contribution in [0, 0.1) is 12.8 Å². The minimum atomic E-state index is -0.356. The molecule has 3 heterocycles. The molecule has 7 nitrogen and oxygen atoms in total. The molecule has 0 saturated carbocycles. The van der Waals surface area contributed by atoms with Gasteiger partial charge in [-0.2, -0.15) is 4.98 Å². The third-order valence-electron chi connectivity index (χ3n) is 4.48. The van der Waals surface area contributed by atoms with Crippen molar-refractivity contribution in [3.8, 4) is 0 Å². The topological polar surface area (TPSA) is 90.4 Å². The summed E-state index contributed by atoms with van der Waals surface area (Å²) < 4.78 is 16.4. The van der Waals surface area contributed by atoms with E-state index in [2.05, 4.69) is 15.5 Å². The maximum absolute atomic E-state index is 12.7. The van der Waals surface area contributed by atoms with Crippen LogP contribution in [0.1, 0.15) is 41.2 Å². The van der Waals surface area contributed by atoms with E-state index in [1.165, 1.54) is 0 Å². The molecule has 1 N–H and O–H groups in total. The van der Waals surface area contributed by atoms with Crippen molar-refractivity contribution >= 4 is 16.9 Å². The van der Waals surface area contributed by atoms with Crippen molar-refractivity contribution in [3.05, 3.63) is 47.8 Å². The third-order valence-corrected chi connectivity index (χ3v) is 4.48. The molecule has 1 amide bonds. The zero-order valence-electron chi connectivity index (χ0n) is 13.9. The number of fused-ring (bicyclic) bond motifs is 1. The Labute approximate surface area is 144 Å². The average Bonchev–Trinajstić information content (AvgIpc) is 3.26. The van der Waals surface area contributed by atoms with Gasteiger partial charge in [0.2, 0.25) is 5.89 Å². The van der Waals surface area contributed by atoms with Crippen molar-refractivity contribution in [3.63, 3.8) is 0 Å². The number of carbonyl (C=O) groups excluding carboxylic acids is 1. The summed E-state index contributed by atoms with van der Waals surface area (Å²) in [6.45, 7) is 3.08. The molecule has 0 radical (unpaired) electrons. The predicted octanol–water partition coefficient (Wildman–Crippen LogP) is 3.02. The van der Waals surface area contributed by atoms with Crippen LogP contribution < -0.4 is 5.32 Å². The molecule has 1 atom stereocenters. The Balaban J connectivity index is 1.59. The minimum Gasteiger partial charge on any atom is -0.451 e. The Hall–Kier alpha value is -2.67. The molecule has 0 spiro atoms. The van der Waals surface area contributed by atoms with E-state index in [9.17, 15) is 4.79 Å². The van der Waals surface area contributed by atoms with E-state index in [-0.39, 0.29) is 23.6 Å². The van der Waals surface area contributed by atoms with Gasteiger partial charge in [0, 0.05) is 18.6 Å². The van der Waals surface area contributed by atoms with Gasteiger partial charge in [-0.3, -0.25) is 4.79 Å². The number of aryl methyl sites for hydroxylation is 1. The third kappa shape index (κ3) is 3.28. The molecule has 25 heavy (non-hydrogen) atoms. The molecule has 2 aromatic heterocycles. The van der Waals surface area contributed by atoms with Crippen LogP contribution in [0.4, 0.5) is 0 Å². The lowest BCUT2D eigenvalue weighted by Gasteiger charge is -2.28. The van der Waals surface area contributed by atoms with Gasteiger partial charge in [-0.15, -0.1) is 0 Å². The van der Waals surface area contributed by atoms with Crippen LogP contribution in [0.2, 0.25) is 0 Å². The van der Waals surface area contributed by atoms with Crippen LogP contribution >= 0.6 is 0 Å². The largest absolute Gasteiger partial charge is 0.451 e. The lowest BCUT2D eigenvalue weighted by molar-refractivity contribution is 0.0463. The molecule has 1 unspecified atom stereocenters. The number of amides is 1. The fourth-order valence-corrected chi connectivity index (χ4v) is 3.18. The van der Waals surface area contributed by atoms with Crippen LogP contribution in [0.5, 0.6) is 0 Å². The number of ether oxygens (including phenoxy) is 1. The Morgan fingerprint density at radius 2 is 2.08 bits per heavy atom. The van der Waals surface area contributed by atoms with Gasteiger partial charge in [-0.05, 0) is 37.8 Å². The lowest BCUT2D eigenvalue weighted by Crippen LogP contribution is -2.36. The number of hydrogen-bond acceptors (Lipinski definition) is 6. The van der Waals surface area contributed by atoms with E-state index in [0.29, 0.717) is 30.5 Å². The summed E-state index contributed by atoms with van der Waals surface area (Å²) in [5.41, 5.74) is 0.684. The van der Waals surface area contributed by atoms with Crippen LogP contribution in [0.15, 0.2) is 39.3 Å². The first kappa shape index (κ1) is 15.8. The number of benzene rings is 1. The molecule has 1 fully saturated rings. The van der Waals surface area contributed by atoms with Crippen LogP contribution in [0.25, 0.3) is 11.0 Å². The SMILES string of the molecule is Cc1noc(C(NC(=O)c2cc3ccccc3o2)C2CCOCC2)n1. The molecule has 0 bridgehead atoms. The van der Waals surface area contributed by atoms with Gasteiger partial charge in [-0.1, -0.05) is 23.4 Å². The zero-order valence-corrected chi connectivity index (χ0v) is 13.9. The molecular formula is C18H19N3O4. The van der Waals surface area contributed by atoms with Gasteiger partial charge in [0.1, 0.15) is 11.6 Å². The van der Waals surface area contributed by atoms with E-state index < -0.39 is 0 Å². The maximum atomic E-state index is 12.7. The average molecular weight is 341 g/mol. The van der Waals surface area contributed by atoms with Gasteiger partial charge >= 0.3 is 0 Å². The summed E-state index contributed by atoms with van der Waals surface area (Å²) in [5, 5.41) is 7.76. The molecule has 1 aliphatic heterocycles. The summed E-state index contributed by atoms with van der Waals surface area (Å²) in [6, 6.07) is 8.91. The number of para-hydroxylation sites is 1. The Kier molecular flexibility index (Phi) is 4.23. The number of furan rings is 1. The van der Waals surface area contributed by atoms with E-state index in [0.717, 1.165) is 18.2 Å². The van der Waals surface area contributed by atoms with Crippen molar-refractivity contribution in [1.29, 1.82) is 0 Å². The number of rotatable bonds is 4. The molecule has 3 aromatic rings. The number of nitrogens with zero attached hydrogens (tertiary/aromatic N) is 2. The highest BCUT2D eigenvalue weighted by Crippen LogP contribution is 2.30. The summed E-state index contributed by atoms with van der Waals surface area (Å²) >= 11 is 0. The van der Waals surface area contributed by atoms with Crippen molar-refractivity contribution < 1.29 is 18.5 Å². The maximum Gasteiger partial charge on any atom is 0.287 e. The summed E-state index contributed by atoms with van der Waals surface area (Å²) in [7, 11) is 0. The highest BCUT2D eigenvalue weighted by Gasteiger charge is 2.32. The number of hydrogen-bond donors (Lipinski definition) is 1. The quantitative estimate of drug-likeness (QED) is 0.784. The second-order valence-corrected chi connectivity index (χ2v) is 6.23. The Bertz CT molecular complexity index is 846. The van der Waals surface area contributed by atoms with E-state index >= 15 is 0 Å². The van der Waals surface area contributed by atoms with E-state index in [4.69, 9.17) is 13.7 Å². The lowest BCUT2D eigenvalue weighted by atomic mass is 9.91. The number of aromatic nitrogens is 2. The standard InChI is InChI=1S/C18H19N3O4/c1-11-19-18(25-21-11)16(12-6-8-23-9-7-12)20-17(22)15-10-13-4-2-3-5-14(13)24-15/h2-5,10,12,16H,6-9H2,1H3,(H,20,22). The highest BCUT2D eigenvalue weighted by atomic mass is 16.5. The van der Waals surface area contributed by atoms with Crippen LogP contribution in [-0.4, -0.2) is 29.3 Å². The smallest absolute Gasteiger partial charge is 0.287 e. The van der Waals surface area contributed by atoms with Gasteiger partial charge in [0.05, 0.1) is 0 Å². The number of nitrogens with one attached hydrogen (secondary N) is 1. The highest BCUT2D eigenvalue weighted by molar-refractivity contribution is 5.96. The molecule has 130 valence electrons. The van der Waals surface area contributed by atoms with E-state index in [1.54, 1.807) is 13.0 Å². The second-order valence-electron chi connectivity index (χ2n) is 6.23. The molecule has 1 saturated heterocycles. The predicted molar refractivity (Wildman–Crippen MR) is 89.0 cm³/mol. The van der Waals surface area contributed by atoms with E-state index in [1.807, 2.05) is 24.3 Å². The Morgan fingerprint density at radius 1 is 1.28 bits per heavy atom. The van der Waals surface area contributed by atoms with Crippen LogP contribution in [0.3, 0.4) is 0 Å². The van der Waals surface area contributed by atoms with Crippen molar-refractivity contribution in [2.45, 2.75) is 25.8 Å². The molecule has 0 aliphatic carbocycles. The first-order valence-electron chi connectivity index (χ1n) is 8.38. The normalized spacial score (nSPS) is 16.8. The fraction of sp³-hybridized carbons (Fsp3) is 0.389. The molecular weight excluding hydrogens is 322 g/mol. The summed E-state index contributed by atoms with van der Waals surface area (Å²) in [5.74, 6) is 1.14. The molecule has 7 heteroatoms. The number of carbonyl (C=O) groups is 1. The molecule has 4 rings (SSSR count). The fourth-order valence-electron chi connectivity index (χ4n) is 3.18. The minimum absolute atomic E-state index is 0.182. The first-order valence-corrected chi connectivity index (χ1v) is 8.38. The van der Waals surface area contributed by atoms with Gasteiger partial charge in [-0.25, -0.2) is 0 Å². The van der Waals surface area contributed by atoms with Gasteiger partial charge < -0.3 is 19.0 Å².